The molecule has 4 aliphatic heterocycles. The number of nitrogens with one attached hydrogen (secondary N) is 3. The lowest BCUT2D eigenvalue weighted by Gasteiger charge is -2.56. The lowest BCUT2D eigenvalue weighted by Crippen LogP contribution is -2.54. The summed E-state index contributed by atoms with van der Waals surface area (Å²) in [6.45, 7) is 5.53. The molecule has 69 heavy (non-hydrogen) atoms. The minimum Gasteiger partial charge on any atom is -0.455 e. The van der Waals surface area contributed by atoms with E-state index in [2.05, 4.69) is 70.3 Å². The number of anilines is 2. The molecule has 5 fully saturated rings. The van der Waals surface area contributed by atoms with E-state index in [4.69, 9.17) is 9.47 Å². The Balaban J connectivity index is 0.807. The van der Waals surface area contributed by atoms with E-state index in [0.717, 1.165) is 81.5 Å². The molecule has 1 aliphatic carbocycles. The van der Waals surface area contributed by atoms with E-state index >= 15 is 0 Å². The van der Waals surface area contributed by atoms with E-state index in [-0.39, 0.29) is 35.8 Å². The van der Waals surface area contributed by atoms with Crippen LogP contribution in [-0.2, 0) is 30.9 Å². The van der Waals surface area contributed by atoms with Gasteiger partial charge in [0, 0.05) is 82.4 Å². The fourth-order valence-corrected chi connectivity index (χ4v) is 14.7. The predicted molar refractivity (Wildman–Crippen MR) is 265 cm³/mol. The van der Waals surface area contributed by atoms with Crippen molar-refractivity contribution in [3.63, 3.8) is 0 Å². The van der Waals surface area contributed by atoms with Gasteiger partial charge in [0.15, 0.2) is 0 Å². The zero-order valence-corrected chi connectivity index (χ0v) is 40.6. The normalized spacial score (nSPS) is 22.8. The summed E-state index contributed by atoms with van der Waals surface area (Å²) in [4.78, 5) is 41.7. The van der Waals surface area contributed by atoms with Crippen LogP contribution in [0.4, 0.5) is 17.2 Å². The number of fused-ring (bicyclic) bond motifs is 1. The van der Waals surface area contributed by atoms with Crippen LogP contribution in [0.15, 0.2) is 88.5 Å². The summed E-state index contributed by atoms with van der Waals surface area (Å²) in [7, 11) is -6.86. The number of aromatic nitrogens is 3. The second-order valence-corrected chi connectivity index (χ2v) is 23.8. The van der Waals surface area contributed by atoms with Gasteiger partial charge in [-0.15, -0.1) is 0 Å². The number of H-pyrrole nitrogens is 1. The van der Waals surface area contributed by atoms with Gasteiger partial charge in [0.2, 0.25) is 5.82 Å². The molecule has 3 atom stereocenters. The first-order valence-electron chi connectivity index (χ1n) is 24.5. The number of pyridine rings is 2. The number of ether oxygens (including phenoxy) is 2. The molecule has 2 unspecified atom stereocenters. The van der Waals surface area contributed by atoms with Crippen LogP contribution in [-0.4, -0.2) is 106 Å². The highest BCUT2D eigenvalue weighted by Crippen LogP contribution is 2.54. The van der Waals surface area contributed by atoms with Gasteiger partial charge >= 0.3 is 5.69 Å². The summed E-state index contributed by atoms with van der Waals surface area (Å²) in [6.07, 6.45) is 16.1. The maximum atomic E-state index is 14.0. The van der Waals surface area contributed by atoms with Crippen molar-refractivity contribution in [2.24, 2.45) is 9.78 Å². The predicted octanol–water partition coefficient (Wildman–Crippen LogP) is 8.54. The molecule has 10 rings (SSSR count). The smallest absolute Gasteiger partial charge is 0.312 e. The number of nitrogens with zero attached hydrogens (tertiary/aromatic N) is 6. The van der Waals surface area contributed by atoms with E-state index in [9.17, 15) is 27.5 Å². The number of sulfonamides is 1. The van der Waals surface area contributed by atoms with Crippen molar-refractivity contribution < 1.29 is 31.8 Å². The highest BCUT2D eigenvalue weighted by Gasteiger charge is 2.50. The Kier molecular flexibility index (Phi) is 13.4. The molecule has 2 aromatic carbocycles. The number of nitro groups is 1. The van der Waals surface area contributed by atoms with Crippen molar-refractivity contribution in [2.45, 2.75) is 113 Å². The molecule has 366 valence electrons. The molecule has 0 radical (unpaired) electrons. The fourth-order valence-electron chi connectivity index (χ4n) is 11.3. The van der Waals surface area contributed by atoms with Crippen molar-refractivity contribution in [1.82, 2.24) is 24.6 Å². The highest BCUT2D eigenvalue weighted by atomic mass is 32.2. The van der Waals surface area contributed by atoms with Crippen molar-refractivity contribution in [1.29, 1.82) is 0 Å². The van der Waals surface area contributed by atoms with Gasteiger partial charge in [0.1, 0.15) is 22.0 Å². The molecule has 0 bridgehead atoms. The van der Waals surface area contributed by atoms with Gasteiger partial charge in [-0.25, -0.2) is 31.7 Å². The molecule has 3 aromatic heterocycles. The number of benzene rings is 2. The molecular weight excluding hydrogens is 919 g/mol. The minimum atomic E-state index is -4.66. The minimum absolute atomic E-state index is 0.0505. The van der Waals surface area contributed by atoms with Crippen LogP contribution < -0.4 is 19.7 Å². The molecule has 1 saturated carbocycles. The van der Waals surface area contributed by atoms with Crippen molar-refractivity contribution in [2.75, 3.05) is 54.5 Å². The number of aromatic amines is 1. The number of piperidine rings is 1. The second-order valence-electron chi connectivity index (χ2n) is 19.5. The number of hydrogen-bond donors (Lipinski definition) is 3. The number of aryl methyl sites for hydroxylation is 1. The zero-order chi connectivity index (χ0) is 47.8. The molecule has 5 aliphatic rings. The van der Waals surface area contributed by atoms with Crippen LogP contribution in [0.5, 0.6) is 11.5 Å². The Morgan fingerprint density at radius 1 is 1.00 bits per heavy atom. The first-order valence-corrected chi connectivity index (χ1v) is 27.8. The van der Waals surface area contributed by atoms with Gasteiger partial charge in [-0.05, 0) is 118 Å². The van der Waals surface area contributed by atoms with E-state index < -0.39 is 41.2 Å². The quantitative estimate of drug-likeness (QED) is 0.0704. The van der Waals surface area contributed by atoms with Crippen molar-refractivity contribution in [3.05, 3.63) is 106 Å². The van der Waals surface area contributed by atoms with E-state index in [1.807, 2.05) is 6.07 Å². The molecule has 1 spiro atoms. The van der Waals surface area contributed by atoms with Crippen molar-refractivity contribution in [3.8, 4) is 11.5 Å². The highest BCUT2D eigenvalue weighted by molar-refractivity contribution is 7.93. The van der Waals surface area contributed by atoms with E-state index in [0.29, 0.717) is 59.8 Å². The third kappa shape index (κ3) is 10.2. The summed E-state index contributed by atoms with van der Waals surface area (Å²) < 4.78 is 59.8. The van der Waals surface area contributed by atoms with Gasteiger partial charge < -0.3 is 24.7 Å². The molecule has 3 N–H and O–H groups in total. The SMILES string of the molecule is CCc1ccccc1[C@@H]1CCCN1C1CC2(CCN(c3ccc(C(=O)NS(=O)(=O)c4cnc(NCC5CCC(N=S6(=O)CCCCC6)CO5)c([N+](=O)[O-])c4)c(Oc4cnc5[nH]ccc5c4)c3)CC2)C1. The maximum Gasteiger partial charge on any atom is 0.312 e. The summed E-state index contributed by atoms with van der Waals surface area (Å²) >= 11 is 0. The molecular formula is C50H61N9O8S2. The van der Waals surface area contributed by atoms with Gasteiger partial charge in [0.05, 0.1) is 41.6 Å². The average molecular weight is 980 g/mol. The second kappa shape index (κ2) is 19.6. The van der Waals surface area contributed by atoms with Crippen LogP contribution in [0, 0.1) is 15.5 Å². The average Bonchev–Trinajstić information content (AvgIpc) is 4.03. The lowest BCUT2D eigenvalue weighted by molar-refractivity contribution is -0.384. The Morgan fingerprint density at radius 2 is 1.81 bits per heavy atom. The first kappa shape index (κ1) is 47.1. The number of carbonyl (C=O) groups excluding carboxylic acids is 1. The topological polar surface area (TPSA) is 214 Å². The third-order valence-corrected chi connectivity index (χ3v) is 18.9. The van der Waals surface area contributed by atoms with Crippen LogP contribution >= 0.6 is 0 Å². The maximum absolute atomic E-state index is 14.0. The molecule has 1 amide bonds. The number of hydrogen-bond acceptors (Lipinski definition) is 14. The standard InChI is InChI=1S/C50H61N9O8S2/c1-2-34-9-4-5-10-42(34)44-11-8-20-58(44)38-28-50(29-38)17-21-57(22-18-50)37-13-15-43(46(26-37)67-40-25-35-16-19-51-47(35)52-31-40)49(60)56-69(64,65)41-27-45(59(61)62)48(54-32-41)53-30-39-14-12-36(33-66-39)55-68(63)23-6-3-7-24-68/h4-5,9-10,13,15-16,19,25-27,31-32,36,38-39,44H,2-3,6-8,11-12,14,17-18,20-24,28-30,33H2,1H3,(H,51,52)(H,53,54)(H,56,60)/t36?,39?,44-/m0/s1. The van der Waals surface area contributed by atoms with Crippen LogP contribution in [0.2, 0.25) is 0 Å². The van der Waals surface area contributed by atoms with Crippen LogP contribution in [0.1, 0.15) is 105 Å². The third-order valence-electron chi connectivity index (χ3n) is 15.1. The Morgan fingerprint density at radius 3 is 2.58 bits per heavy atom. The summed E-state index contributed by atoms with van der Waals surface area (Å²) in [5, 5.41) is 16.0. The van der Waals surface area contributed by atoms with Gasteiger partial charge in [-0.2, -0.15) is 0 Å². The summed E-state index contributed by atoms with van der Waals surface area (Å²) in [5.74, 6) is 0.612. The monoisotopic (exact) mass is 979 g/mol. The van der Waals surface area contributed by atoms with Crippen molar-refractivity contribution >= 4 is 53.9 Å². The zero-order valence-electron chi connectivity index (χ0n) is 39.0. The van der Waals surface area contributed by atoms with Gasteiger partial charge in [-0.1, -0.05) is 37.6 Å². The number of likely N-dealkylation sites (tertiary alicyclic amines) is 1. The lowest BCUT2D eigenvalue weighted by atomic mass is 9.59. The molecule has 17 nitrogen and oxygen atoms in total. The van der Waals surface area contributed by atoms with Crippen LogP contribution in [0.3, 0.4) is 0 Å². The fraction of sp³-hybridized carbons (Fsp3) is 0.500. The number of amides is 1. The largest absolute Gasteiger partial charge is 0.455 e. The van der Waals surface area contributed by atoms with Gasteiger partial charge in [-0.3, -0.25) is 19.8 Å². The van der Waals surface area contributed by atoms with E-state index in [1.165, 1.54) is 43.0 Å². The molecule has 4 saturated heterocycles. The summed E-state index contributed by atoms with van der Waals surface area (Å²) in [5.41, 5.74) is 4.11. The summed E-state index contributed by atoms with van der Waals surface area (Å²) in [6, 6.07) is 19.5. The number of carbonyl (C=O) groups is 1. The van der Waals surface area contributed by atoms with Crippen LogP contribution in [0.25, 0.3) is 11.0 Å². The first-order chi connectivity index (χ1) is 33.4. The molecule has 19 heteroatoms. The Bertz CT molecular complexity index is 2940. The number of rotatable bonds is 14. The van der Waals surface area contributed by atoms with Gasteiger partial charge in [0.25, 0.3) is 15.9 Å². The Labute approximate surface area is 403 Å². The Hall–Kier alpha value is -5.63. The molecule has 5 aromatic rings. The molecule has 7 heterocycles. The van der Waals surface area contributed by atoms with E-state index in [1.54, 1.807) is 30.5 Å².